The molecule has 0 aliphatic rings. The summed E-state index contributed by atoms with van der Waals surface area (Å²) in [6.45, 7) is 5.00. The van der Waals surface area contributed by atoms with E-state index in [0.717, 1.165) is 44.9 Å². The number of hydrogen-bond donors (Lipinski definition) is 3. The van der Waals surface area contributed by atoms with Crippen LogP contribution in [0.25, 0.3) is 0 Å². The molecule has 2 unspecified atom stereocenters. The van der Waals surface area contributed by atoms with Crippen molar-refractivity contribution >= 4 is 11.9 Å². The van der Waals surface area contributed by atoms with Gasteiger partial charge in [-0.15, -0.1) is 0 Å². The third-order valence-electron chi connectivity index (χ3n) is 18.6. The van der Waals surface area contributed by atoms with Crippen molar-refractivity contribution in [2.75, 3.05) is 13.2 Å². The van der Waals surface area contributed by atoms with Crippen molar-refractivity contribution in [3.63, 3.8) is 0 Å². The van der Waals surface area contributed by atoms with Gasteiger partial charge in [0.25, 0.3) is 0 Å². The molecule has 0 saturated heterocycles. The highest BCUT2D eigenvalue weighted by atomic mass is 16.5. The summed E-state index contributed by atoms with van der Waals surface area (Å²) in [5.41, 5.74) is 0. The standard InChI is InChI=1S/C78H153NO5/c1-3-5-7-9-11-13-15-17-19-20-36-39-43-46-50-54-58-62-66-70-76(81)75(74-80)79-77(82)71-67-63-59-55-51-47-44-40-37-34-32-30-28-26-24-22-21-23-25-27-29-31-33-35-38-41-45-49-53-57-61-65-69-73-84-78(83)72-68-64-60-56-52-48-42-18-16-14-12-10-8-6-4-2/h18,42,75-76,80-81H,3-17,19-41,43-74H2,1-2H3,(H,79,82)/b42-18-. The minimum atomic E-state index is -0.661. The van der Waals surface area contributed by atoms with E-state index in [0.29, 0.717) is 25.9 Å². The van der Waals surface area contributed by atoms with E-state index in [1.54, 1.807) is 0 Å². The van der Waals surface area contributed by atoms with Crippen LogP contribution < -0.4 is 5.32 Å². The summed E-state index contributed by atoms with van der Waals surface area (Å²) in [7, 11) is 0. The maximum Gasteiger partial charge on any atom is 0.305 e. The first-order valence-corrected chi connectivity index (χ1v) is 38.9. The fourth-order valence-corrected chi connectivity index (χ4v) is 12.6. The molecule has 1 amide bonds. The molecule has 0 aliphatic carbocycles. The highest BCUT2D eigenvalue weighted by molar-refractivity contribution is 5.76. The lowest BCUT2D eigenvalue weighted by atomic mass is 10.0. The topological polar surface area (TPSA) is 95.9 Å². The molecule has 0 bridgehead atoms. The third-order valence-corrected chi connectivity index (χ3v) is 18.6. The zero-order chi connectivity index (χ0) is 60.6. The quantitative estimate of drug-likeness (QED) is 0.0320. The molecule has 0 aromatic carbocycles. The van der Waals surface area contributed by atoms with Crippen molar-refractivity contribution in [3.05, 3.63) is 12.2 Å². The van der Waals surface area contributed by atoms with Gasteiger partial charge in [-0.1, -0.05) is 398 Å². The van der Waals surface area contributed by atoms with Crippen molar-refractivity contribution in [2.45, 2.75) is 463 Å². The first-order chi connectivity index (χ1) is 41.5. The fraction of sp³-hybridized carbons (Fsp3) is 0.949. The lowest BCUT2D eigenvalue weighted by Gasteiger charge is -2.22. The zero-order valence-electron chi connectivity index (χ0n) is 57.4. The summed E-state index contributed by atoms with van der Waals surface area (Å²) < 4.78 is 5.50. The van der Waals surface area contributed by atoms with E-state index >= 15 is 0 Å². The van der Waals surface area contributed by atoms with Crippen LogP contribution >= 0.6 is 0 Å². The Hall–Kier alpha value is -1.40. The number of nitrogens with one attached hydrogen (secondary N) is 1. The fourth-order valence-electron chi connectivity index (χ4n) is 12.6. The Morgan fingerprint density at radius 1 is 0.321 bits per heavy atom. The van der Waals surface area contributed by atoms with Gasteiger partial charge in [0.1, 0.15) is 0 Å². The van der Waals surface area contributed by atoms with E-state index in [-0.39, 0.29) is 18.5 Å². The molecule has 0 radical (unpaired) electrons. The van der Waals surface area contributed by atoms with Gasteiger partial charge in [-0.2, -0.15) is 0 Å². The summed E-state index contributed by atoms with van der Waals surface area (Å²) in [4.78, 5) is 24.6. The van der Waals surface area contributed by atoms with Gasteiger partial charge >= 0.3 is 5.97 Å². The largest absolute Gasteiger partial charge is 0.466 e. The van der Waals surface area contributed by atoms with Crippen LogP contribution in [0, 0.1) is 0 Å². The predicted molar refractivity (Wildman–Crippen MR) is 370 cm³/mol. The molecule has 0 spiro atoms. The van der Waals surface area contributed by atoms with Gasteiger partial charge in [0.15, 0.2) is 0 Å². The maximum atomic E-state index is 12.6. The normalized spacial score (nSPS) is 12.5. The van der Waals surface area contributed by atoms with Crippen LogP contribution in [0.1, 0.15) is 450 Å². The summed E-state index contributed by atoms with van der Waals surface area (Å²) in [6, 6.07) is -0.538. The van der Waals surface area contributed by atoms with Gasteiger partial charge < -0.3 is 20.3 Å². The summed E-state index contributed by atoms with van der Waals surface area (Å²) in [5.74, 6) is -0.0102. The van der Waals surface area contributed by atoms with E-state index in [2.05, 4.69) is 31.3 Å². The smallest absolute Gasteiger partial charge is 0.305 e. The molecule has 6 heteroatoms. The minimum absolute atomic E-state index is 0.0149. The molecule has 3 N–H and O–H groups in total. The Balaban J connectivity index is 3.31. The average molecular weight is 1190 g/mol. The lowest BCUT2D eigenvalue weighted by molar-refractivity contribution is -0.143. The molecule has 0 fully saturated rings. The molecule has 0 aromatic heterocycles. The van der Waals surface area contributed by atoms with E-state index in [1.165, 1.54) is 372 Å². The zero-order valence-corrected chi connectivity index (χ0v) is 57.4. The van der Waals surface area contributed by atoms with Crippen molar-refractivity contribution < 1.29 is 24.5 Å². The van der Waals surface area contributed by atoms with Crippen molar-refractivity contribution in [3.8, 4) is 0 Å². The second-order valence-electron chi connectivity index (χ2n) is 27.0. The van der Waals surface area contributed by atoms with Gasteiger partial charge in [-0.05, 0) is 51.4 Å². The van der Waals surface area contributed by atoms with E-state index < -0.39 is 12.1 Å². The first kappa shape index (κ1) is 82.6. The molecule has 0 aliphatic heterocycles. The molecule has 84 heavy (non-hydrogen) atoms. The van der Waals surface area contributed by atoms with E-state index in [1.807, 2.05) is 0 Å². The molecule has 0 aromatic rings. The SMILES string of the molecule is CCCCCCCC/C=C\CCCCCCCC(=O)OCCCCCCCCCCCCCCCCCCCCCCCCCCCCCCCCCCCC(=O)NC(CO)C(O)CCCCCCCCCCCCCCCCCCCCC. The van der Waals surface area contributed by atoms with E-state index in [4.69, 9.17) is 4.74 Å². The van der Waals surface area contributed by atoms with Crippen molar-refractivity contribution in [2.24, 2.45) is 0 Å². The van der Waals surface area contributed by atoms with Crippen molar-refractivity contribution in [1.82, 2.24) is 5.32 Å². The molecular formula is C78H153NO5. The average Bonchev–Trinajstić information content (AvgIpc) is 3.51. The number of carbonyl (C=O) groups is 2. The molecule has 0 rings (SSSR count). The maximum absolute atomic E-state index is 12.6. The van der Waals surface area contributed by atoms with Crippen LogP contribution in [0.15, 0.2) is 12.2 Å². The number of esters is 1. The first-order valence-electron chi connectivity index (χ1n) is 38.9. The number of allylic oxidation sites excluding steroid dienone is 2. The van der Waals surface area contributed by atoms with Crippen molar-refractivity contribution in [1.29, 1.82) is 0 Å². The van der Waals surface area contributed by atoms with Crippen LogP contribution in [0.3, 0.4) is 0 Å². The molecule has 500 valence electrons. The molecule has 2 atom stereocenters. The van der Waals surface area contributed by atoms with Crippen LogP contribution in [-0.2, 0) is 14.3 Å². The number of amides is 1. The number of ether oxygens (including phenoxy) is 1. The Bertz CT molecular complexity index is 1270. The van der Waals surface area contributed by atoms with Gasteiger partial charge in [0, 0.05) is 12.8 Å². The number of rotatable bonds is 74. The highest BCUT2D eigenvalue weighted by Crippen LogP contribution is 2.20. The summed E-state index contributed by atoms with van der Waals surface area (Å²) >= 11 is 0. The Kier molecular flexibility index (Phi) is 72.8. The Labute approximate surface area is 527 Å². The lowest BCUT2D eigenvalue weighted by Crippen LogP contribution is -2.45. The molecule has 6 nitrogen and oxygen atoms in total. The third kappa shape index (κ3) is 69.7. The van der Waals surface area contributed by atoms with Crippen LogP contribution in [0.2, 0.25) is 0 Å². The molecule has 0 saturated carbocycles. The van der Waals surface area contributed by atoms with Crippen LogP contribution in [-0.4, -0.2) is 47.4 Å². The molecule has 0 heterocycles. The Morgan fingerprint density at radius 3 is 0.845 bits per heavy atom. The minimum Gasteiger partial charge on any atom is -0.466 e. The molecular weight excluding hydrogens is 1030 g/mol. The number of carbonyl (C=O) groups excluding carboxylic acids is 2. The second-order valence-corrected chi connectivity index (χ2v) is 27.0. The number of unbranched alkanes of at least 4 members (excludes halogenated alkanes) is 61. The summed E-state index contributed by atoms with van der Waals surface area (Å²) in [5, 5.41) is 23.4. The number of aliphatic hydroxyl groups is 2. The van der Waals surface area contributed by atoms with Gasteiger partial charge in [0.2, 0.25) is 5.91 Å². The van der Waals surface area contributed by atoms with Gasteiger partial charge in [-0.25, -0.2) is 0 Å². The summed E-state index contributed by atoms with van der Waals surface area (Å²) in [6.07, 6.45) is 93.0. The number of hydrogen-bond acceptors (Lipinski definition) is 5. The Morgan fingerprint density at radius 2 is 0.560 bits per heavy atom. The van der Waals surface area contributed by atoms with E-state index in [9.17, 15) is 19.8 Å². The highest BCUT2D eigenvalue weighted by Gasteiger charge is 2.20. The van der Waals surface area contributed by atoms with Gasteiger partial charge in [0.05, 0.1) is 25.4 Å². The number of aliphatic hydroxyl groups excluding tert-OH is 2. The van der Waals surface area contributed by atoms with Crippen LogP contribution in [0.5, 0.6) is 0 Å². The van der Waals surface area contributed by atoms with Crippen LogP contribution in [0.4, 0.5) is 0 Å². The predicted octanol–water partition coefficient (Wildman–Crippen LogP) is 25.5. The second kappa shape index (κ2) is 74.1. The van der Waals surface area contributed by atoms with Gasteiger partial charge in [-0.3, -0.25) is 9.59 Å². The monoisotopic (exact) mass is 1180 g/mol.